The van der Waals surface area contributed by atoms with Gasteiger partial charge in [0.05, 0.1) is 19.6 Å². The zero-order chi connectivity index (χ0) is 15.4. The van der Waals surface area contributed by atoms with Crippen LogP contribution >= 0.6 is 0 Å². The lowest BCUT2D eigenvalue weighted by atomic mass is 9.90. The quantitative estimate of drug-likeness (QED) is 0.579. The Kier molecular flexibility index (Phi) is 4.45. The van der Waals surface area contributed by atoms with Gasteiger partial charge in [-0.3, -0.25) is 4.79 Å². The van der Waals surface area contributed by atoms with E-state index in [1.54, 1.807) is 24.3 Å². The highest BCUT2D eigenvalue weighted by atomic mass is 16.5. The van der Waals surface area contributed by atoms with E-state index in [2.05, 4.69) is 0 Å². The number of ether oxygens (including phenoxy) is 1. The van der Waals surface area contributed by atoms with Crippen LogP contribution in [0.5, 0.6) is 17.2 Å². The molecule has 0 aliphatic carbocycles. The van der Waals surface area contributed by atoms with Crippen molar-refractivity contribution in [1.29, 1.82) is 0 Å². The molecule has 2 rings (SSSR count). The molecule has 110 valence electrons. The maximum atomic E-state index is 12.5. The van der Waals surface area contributed by atoms with Gasteiger partial charge in [-0.2, -0.15) is 0 Å². The summed E-state index contributed by atoms with van der Waals surface area (Å²) in [5.41, 5.74) is 0.773. The molecule has 0 aromatic heterocycles. The summed E-state index contributed by atoms with van der Waals surface area (Å²) in [6, 6.07) is 10.7. The average Bonchev–Trinajstić information content (AvgIpc) is 2.51. The fraction of sp³-hybridized carbons (Fsp3) is 0.188. The molecule has 3 N–H and O–H groups in total. The summed E-state index contributed by atoms with van der Waals surface area (Å²) < 4.78 is 5.20. The largest absolute Gasteiger partial charge is 0.504 e. The number of hydrogen-bond donors (Lipinski definition) is 3. The summed E-state index contributed by atoms with van der Waals surface area (Å²) in [5, 5.41) is 28.3. The molecule has 2 aromatic carbocycles. The van der Waals surface area contributed by atoms with Gasteiger partial charge in [0.15, 0.2) is 17.3 Å². The van der Waals surface area contributed by atoms with Gasteiger partial charge < -0.3 is 20.1 Å². The summed E-state index contributed by atoms with van der Waals surface area (Å²) in [5.74, 6) is -1.34. The van der Waals surface area contributed by atoms with Crippen LogP contribution in [0.2, 0.25) is 0 Å². The highest BCUT2D eigenvalue weighted by Gasteiger charge is 2.24. The van der Waals surface area contributed by atoms with Crippen molar-refractivity contribution in [3.63, 3.8) is 0 Å². The number of phenolic OH excluding ortho intramolecular Hbond substituents is 2. The fourth-order valence-electron chi connectivity index (χ4n) is 2.15. The number of phenols is 2. The third kappa shape index (κ3) is 2.98. The van der Waals surface area contributed by atoms with Crippen LogP contribution in [0.25, 0.3) is 0 Å². The topological polar surface area (TPSA) is 87.0 Å². The molecule has 1 unspecified atom stereocenters. The number of aromatic hydroxyl groups is 2. The number of carbonyl (C=O) groups excluding carboxylic acids is 1. The van der Waals surface area contributed by atoms with Crippen LogP contribution in [0.15, 0.2) is 42.5 Å². The molecule has 21 heavy (non-hydrogen) atoms. The highest BCUT2D eigenvalue weighted by Crippen LogP contribution is 2.31. The number of benzene rings is 2. The lowest BCUT2D eigenvalue weighted by Gasteiger charge is -2.17. The van der Waals surface area contributed by atoms with E-state index in [9.17, 15) is 20.1 Å². The maximum absolute atomic E-state index is 12.5. The van der Waals surface area contributed by atoms with E-state index in [-0.39, 0.29) is 29.5 Å². The Morgan fingerprint density at radius 1 is 1.14 bits per heavy atom. The molecular formula is C16H16O5. The first kappa shape index (κ1) is 14.9. The van der Waals surface area contributed by atoms with Crippen molar-refractivity contribution in [1.82, 2.24) is 0 Å². The minimum Gasteiger partial charge on any atom is -0.504 e. The van der Waals surface area contributed by atoms with Crippen molar-refractivity contribution in [2.75, 3.05) is 13.7 Å². The van der Waals surface area contributed by atoms with E-state index in [0.717, 1.165) is 0 Å². The molecule has 5 heteroatoms. The number of carbonyl (C=O) groups is 1. The summed E-state index contributed by atoms with van der Waals surface area (Å²) in [6.07, 6.45) is 0. The molecule has 0 radical (unpaired) electrons. The standard InChI is InChI=1S/C16H16O5/c1-21-15-5-3-2-4-11(15)12(9-17)16(20)10-6-7-13(18)14(19)8-10/h2-8,12,17-19H,9H2,1H3. The molecule has 1 atom stereocenters. The second-order valence-electron chi connectivity index (χ2n) is 4.54. The van der Waals surface area contributed by atoms with E-state index in [0.29, 0.717) is 11.3 Å². The zero-order valence-corrected chi connectivity index (χ0v) is 11.5. The van der Waals surface area contributed by atoms with Gasteiger partial charge in [0.1, 0.15) is 5.75 Å². The molecule has 5 nitrogen and oxygen atoms in total. The van der Waals surface area contributed by atoms with Gasteiger partial charge >= 0.3 is 0 Å². The Hall–Kier alpha value is -2.53. The molecular weight excluding hydrogens is 272 g/mol. The van der Waals surface area contributed by atoms with E-state index in [1.165, 1.54) is 25.3 Å². The number of hydrogen-bond acceptors (Lipinski definition) is 5. The Morgan fingerprint density at radius 2 is 1.86 bits per heavy atom. The molecule has 0 heterocycles. The highest BCUT2D eigenvalue weighted by molar-refractivity contribution is 6.01. The molecule has 0 aliphatic rings. The predicted octanol–water partition coefficient (Wildman–Crippen LogP) is 2.07. The van der Waals surface area contributed by atoms with E-state index in [4.69, 9.17) is 4.74 Å². The first-order valence-electron chi connectivity index (χ1n) is 6.38. The summed E-state index contributed by atoms with van der Waals surface area (Å²) in [6.45, 7) is -0.388. The van der Waals surface area contributed by atoms with Crippen molar-refractivity contribution in [2.45, 2.75) is 5.92 Å². The monoisotopic (exact) mass is 288 g/mol. The summed E-state index contributed by atoms with van der Waals surface area (Å²) >= 11 is 0. The van der Waals surface area contributed by atoms with Gasteiger partial charge in [0, 0.05) is 11.1 Å². The van der Waals surface area contributed by atoms with Gasteiger partial charge in [-0.15, -0.1) is 0 Å². The van der Waals surface area contributed by atoms with Crippen LogP contribution in [0.3, 0.4) is 0 Å². The zero-order valence-electron chi connectivity index (χ0n) is 11.5. The Labute approximate surface area is 122 Å². The number of methoxy groups -OCH3 is 1. The van der Waals surface area contributed by atoms with E-state index in [1.807, 2.05) is 0 Å². The van der Waals surface area contributed by atoms with Gasteiger partial charge in [0.25, 0.3) is 0 Å². The number of ketones is 1. The number of para-hydroxylation sites is 1. The SMILES string of the molecule is COc1ccccc1C(CO)C(=O)c1ccc(O)c(O)c1. The molecule has 0 saturated heterocycles. The van der Waals surface area contributed by atoms with Gasteiger partial charge in [-0.25, -0.2) is 0 Å². The lowest BCUT2D eigenvalue weighted by molar-refractivity contribution is 0.0920. The van der Waals surface area contributed by atoms with Gasteiger partial charge in [-0.1, -0.05) is 18.2 Å². The van der Waals surface area contributed by atoms with Crippen LogP contribution in [-0.2, 0) is 0 Å². The molecule has 2 aromatic rings. The van der Waals surface area contributed by atoms with Crippen molar-refractivity contribution < 1.29 is 24.9 Å². The fourth-order valence-corrected chi connectivity index (χ4v) is 2.15. The molecule has 0 bridgehead atoms. The predicted molar refractivity (Wildman–Crippen MR) is 76.9 cm³/mol. The molecule has 0 amide bonds. The van der Waals surface area contributed by atoms with Crippen LogP contribution in [-0.4, -0.2) is 34.8 Å². The van der Waals surface area contributed by atoms with Crippen LogP contribution in [0.4, 0.5) is 0 Å². The van der Waals surface area contributed by atoms with Crippen molar-refractivity contribution in [2.24, 2.45) is 0 Å². The summed E-state index contributed by atoms with van der Waals surface area (Å²) in [4.78, 5) is 12.5. The Balaban J connectivity index is 2.40. The number of Topliss-reactive ketones (excluding diaryl/α,β-unsaturated/α-hetero) is 1. The Morgan fingerprint density at radius 3 is 2.48 bits per heavy atom. The van der Waals surface area contributed by atoms with Crippen molar-refractivity contribution in [3.8, 4) is 17.2 Å². The minimum absolute atomic E-state index is 0.204. The third-order valence-corrected chi connectivity index (χ3v) is 3.27. The second kappa shape index (κ2) is 6.28. The van der Waals surface area contributed by atoms with Crippen molar-refractivity contribution in [3.05, 3.63) is 53.6 Å². The second-order valence-corrected chi connectivity index (χ2v) is 4.54. The smallest absolute Gasteiger partial charge is 0.172 e. The maximum Gasteiger partial charge on any atom is 0.172 e. The molecule has 0 spiro atoms. The minimum atomic E-state index is -0.801. The number of aliphatic hydroxyl groups excluding tert-OH is 1. The number of aliphatic hydroxyl groups is 1. The van der Waals surface area contributed by atoms with E-state index >= 15 is 0 Å². The lowest BCUT2D eigenvalue weighted by Crippen LogP contribution is -2.17. The molecule has 0 fully saturated rings. The summed E-state index contributed by atoms with van der Waals surface area (Å²) in [7, 11) is 1.49. The van der Waals surface area contributed by atoms with Crippen LogP contribution in [0.1, 0.15) is 21.8 Å². The van der Waals surface area contributed by atoms with Crippen LogP contribution < -0.4 is 4.74 Å². The first-order chi connectivity index (χ1) is 10.1. The normalized spacial score (nSPS) is 11.9. The third-order valence-electron chi connectivity index (χ3n) is 3.27. The molecule has 0 aliphatic heterocycles. The van der Waals surface area contributed by atoms with Crippen molar-refractivity contribution >= 4 is 5.78 Å². The number of rotatable bonds is 5. The van der Waals surface area contributed by atoms with Crippen LogP contribution in [0, 0.1) is 0 Å². The molecule has 0 saturated carbocycles. The average molecular weight is 288 g/mol. The van der Waals surface area contributed by atoms with E-state index < -0.39 is 5.92 Å². The van der Waals surface area contributed by atoms with Gasteiger partial charge in [0.2, 0.25) is 0 Å². The first-order valence-corrected chi connectivity index (χ1v) is 6.38. The van der Waals surface area contributed by atoms with Gasteiger partial charge in [-0.05, 0) is 24.3 Å². The Bertz CT molecular complexity index is 651.